The number of rotatable bonds is 16. The first-order chi connectivity index (χ1) is 21.9. The largest absolute Gasteiger partial charge is 0.390 e. The first kappa shape index (κ1) is 36.3. The topological polar surface area (TPSA) is 119 Å². The van der Waals surface area contributed by atoms with Crippen LogP contribution in [0.3, 0.4) is 0 Å². The van der Waals surface area contributed by atoms with E-state index < -0.39 is 39.7 Å². The normalized spacial score (nSPS) is 12.7. The van der Waals surface area contributed by atoms with E-state index in [-0.39, 0.29) is 47.0 Å². The minimum absolute atomic E-state index is 0.0122. The van der Waals surface area contributed by atoms with Gasteiger partial charge in [-0.1, -0.05) is 44.9 Å². The van der Waals surface area contributed by atoms with Crippen LogP contribution in [-0.4, -0.2) is 73.6 Å². The van der Waals surface area contributed by atoms with Gasteiger partial charge in [-0.3, -0.25) is 9.59 Å². The van der Waals surface area contributed by atoms with Crippen LogP contribution in [0.2, 0.25) is 0 Å². The van der Waals surface area contributed by atoms with Gasteiger partial charge in [0, 0.05) is 48.9 Å². The van der Waals surface area contributed by atoms with Gasteiger partial charge >= 0.3 is 0 Å². The molecule has 3 aromatic rings. The van der Waals surface area contributed by atoms with Gasteiger partial charge in [-0.15, -0.1) is 11.3 Å². The van der Waals surface area contributed by atoms with Gasteiger partial charge in [0.05, 0.1) is 17.0 Å². The van der Waals surface area contributed by atoms with Crippen molar-refractivity contribution >= 4 is 21.8 Å². The fourth-order valence-corrected chi connectivity index (χ4v) is 6.09. The standard InChI is InChI=1S/C34H40F2N4O5S/c1-5-14-39(15-6-2)34(43)27-17-24(7-3)16-26(21-27)33(42)37-31(20-25-18-28(35)22-29(36)19-25)32(41)23-40(8-4)38-46(44,45)30-12-10-9-11-13-30/h3,9-13,16-19,21-22,31-32,38,41H,5-6,8,14-15,20,23H2,1-2,4H3,(H,37,42). The van der Waals surface area contributed by atoms with E-state index in [2.05, 4.69) is 16.1 Å². The summed E-state index contributed by atoms with van der Waals surface area (Å²) in [7, 11) is -3.99. The molecule has 2 amide bonds. The number of terminal acetylenes is 1. The van der Waals surface area contributed by atoms with Crippen molar-refractivity contribution in [2.75, 3.05) is 26.2 Å². The van der Waals surface area contributed by atoms with Gasteiger partial charge in [-0.2, -0.15) is 0 Å². The monoisotopic (exact) mass is 654 g/mol. The number of hydrogen-bond donors (Lipinski definition) is 3. The highest BCUT2D eigenvalue weighted by molar-refractivity contribution is 7.89. The molecule has 12 heteroatoms. The first-order valence-electron chi connectivity index (χ1n) is 15.1. The smallest absolute Gasteiger partial charge is 0.253 e. The Bertz CT molecular complexity index is 1620. The van der Waals surface area contributed by atoms with E-state index >= 15 is 0 Å². The van der Waals surface area contributed by atoms with E-state index in [1.54, 1.807) is 30.0 Å². The highest BCUT2D eigenvalue weighted by Crippen LogP contribution is 2.17. The third kappa shape index (κ3) is 10.2. The quantitative estimate of drug-likeness (QED) is 0.158. The fraction of sp³-hybridized carbons (Fsp3) is 0.353. The number of carbonyl (C=O) groups excluding carboxylic acids is 2. The number of sulfonamides is 1. The Morgan fingerprint density at radius 3 is 2.11 bits per heavy atom. The Labute approximate surface area is 269 Å². The van der Waals surface area contributed by atoms with Crippen LogP contribution in [0.15, 0.2) is 71.6 Å². The number of aliphatic hydroxyl groups excluding tert-OH is 1. The van der Waals surface area contributed by atoms with Crippen LogP contribution < -0.4 is 10.1 Å². The van der Waals surface area contributed by atoms with Crippen LogP contribution in [0.25, 0.3) is 0 Å². The molecular weight excluding hydrogens is 614 g/mol. The summed E-state index contributed by atoms with van der Waals surface area (Å²) in [5.74, 6) is -0.198. The highest BCUT2D eigenvalue weighted by atomic mass is 32.2. The zero-order valence-corrected chi connectivity index (χ0v) is 27.0. The molecule has 0 saturated carbocycles. The maximum atomic E-state index is 14.1. The van der Waals surface area contributed by atoms with Crippen LogP contribution in [0, 0.1) is 24.0 Å². The summed E-state index contributed by atoms with van der Waals surface area (Å²) < 4.78 is 54.0. The first-order valence-corrected chi connectivity index (χ1v) is 16.6. The molecule has 0 aliphatic rings. The number of halogens is 2. The molecule has 0 aliphatic heterocycles. The maximum absolute atomic E-state index is 14.1. The number of carbonyl (C=O) groups is 2. The summed E-state index contributed by atoms with van der Waals surface area (Å²) in [5, 5.41) is 15.3. The molecule has 3 aromatic carbocycles. The fourth-order valence-electron chi connectivity index (χ4n) is 4.93. The van der Waals surface area contributed by atoms with E-state index in [0.29, 0.717) is 24.7 Å². The lowest BCUT2D eigenvalue weighted by atomic mass is 9.99. The zero-order chi connectivity index (χ0) is 33.9. The summed E-state index contributed by atoms with van der Waals surface area (Å²) in [4.78, 5) is 31.1. The van der Waals surface area contributed by atoms with Gasteiger partial charge in [0.15, 0.2) is 0 Å². The second kappa shape index (κ2) is 17.0. The summed E-state index contributed by atoms with van der Waals surface area (Å²) in [6.07, 6.45) is 5.50. The Hall–Kier alpha value is -4.15. The molecule has 0 spiro atoms. The highest BCUT2D eigenvalue weighted by Gasteiger charge is 2.28. The van der Waals surface area contributed by atoms with Crippen molar-refractivity contribution < 1.29 is 31.9 Å². The Morgan fingerprint density at radius 2 is 1.54 bits per heavy atom. The molecule has 2 atom stereocenters. The third-order valence-corrected chi connectivity index (χ3v) is 8.53. The van der Waals surface area contributed by atoms with Crippen molar-refractivity contribution in [3.63, 3.8) is 0 Å². The lowest BCUT2D eigenvalue weighted by Gasteiger charge is -2.30. The van der Waals surface area contributed by atoms with Gasteiger partial charge in [0.25, 0.3) is 21.8 Å². The molecule has 246 valence electrons. The van der Waals surface area contributed by atoms with E-state index in [1.165, 1.54) is 35.3 Å². The molecule has 2 unspecified atom stereocenters. The average molecular weight is 655 g/mol. The molecule has 0 heterocycles. The molecule has 0 aliphatic carbocycles. The van der Waals surface area contributed by atoms with Crippen LogP contribution in [0.1, 0.15) is 65.5 Å². The Morgan fingerprint density at radius 1 is 0.935 bits per heavy atom. The summed E-state index contributed by atoms with van der Waals surface area (Å²) >= 11 is 0. The van der Waals surface area contributed by atoms with E-state index in [1.807, 2.05) is 13.8 Å². The molecule has 9 nitrogen and oxygen atoms in total. The predicted molar refractivity (Wildman–Crippen MR) is 172 cm³/mol. The lowest BCUT2D eigenvalue weighted by Crippen LogP contribution is -2.53. The Balaban J connectivity index is 1.92. The molecule has 0 fully saturated rings. The molecule has 3 N–H and O–H groups in total. The van der Waals surface area contributed by atoms with E-state index in [0.717, 1.165) is 25.0 Å². The van der Waals surface area contributed by atoms with Crippen molar-refractivity contribution in [3.05, 3.63) is 101 Å². The van der Waals surface area contributed by atoms with Crippen LogP contribution in [0.4, 0.5) is 8.78 Å². The minimum atomic E-state index is -3.99. The lowest BCUT2D eigenvalue weighted by molar-refractivity contribution is 0.0634. The number of nitrogens with one attached hydrogen (secondary N) is 2. The second-order valence-corrected chi connectivity index (χ2v) is 12.5. The van der Waals surface area contributed by atoms with Gasteiger partial charge < -0.3 is 15.3 Å². The number of aliphatic hydroxyl groups is 1. The molecular formula is C34H40F2N4O5S. The second-order valence-electron chi connectivity index (χ2n) is 10.8. The van der Waals surface area contributed by atoms with Crippen molar-refractivity contribution in [1.82, 2.24) is 20.1 Å². The van der Waals surface area contributed by atoms with Crippen LogP contribution in [-0.2, 0) is 16.4 Å². The molecule has 0 radical (unpaired) electrons. The van der Waals surface area contributed by atoms with E-state index in [9.17, 15) is 31.9 Å². The number of nitrogens with zero attached hydrogens (tertiary/aromatic N) is 2. The van der Waals surface area contributed by atoms with Crippen molar-refractivity contribution in [2.24, 2.45) is 0 Å². The number of hydrazine groups is 1. The van der Waals surface area contributed by atoms with E-state index in [4.69, 9.17) is 6.42 Å². The zero-order valence-electron chi connectivity index (χ0n) is 26.2. The van der Waals surface area contributed by atoms with Gasteiger partial charge in [0.1, 0.15) is 11.6 Å². The number of hydrogen-bond acceptors (Lipinski definition) is 6. The van der Waals surface area contributed by atoms with Crippen LogP contribution in [0.5, 0.6) is 0 Å². The summed E-state index contributed by atoms with van der Waals surface area (Å²) in [6.45, 7) is 6.47. The van der Waals surface area contributed by atoms with Crippen molar-refractivity contribution in [2.45, 2.75) is 57.1 Å². The molecule has 0 bridgehead atoms. The SMILES string of the molecule is C#Cc1cc(C(=O)NC(Cc2cc(F)cc(F)c2)C(O)CN(CC)NS(=O)(=O)c2ccccc2)cc(C(=O)N(CCC)CCC)c1. The number of likely N-dealkylation sites (N-methyl/N-ethyl adjacent to an activating group) is 1. The molecule has 3 rings (SSSR count). The minimum Gasteiger partial charge on any atom is -0.390 e. The predicted octanol–water partition coefficient (Wildman–Crippen LogP) is 4.13. The van der Waals surface area contributed by atoms with Crippen molar-refractivity contribution in [1.29, 1.82) is 0 Å². The number of benzene rings is 3. The van der Waals surface area contributed by atoms with Gasteiger partial charge in [-0.05, 0) is 67.3 Å². The van der Waals surface area contributed by atoms with Crippen LogP contribution >= 0.6 is 0 Å². The Kier molecular flexibility index (Phi) is 13.4. The number of amides is 2. The molecule has 0 saturated heterocycles. The molecule has 46 heavy (non-hydrogen) atoms. The third-order valence-electron chi connectivity index (χ3n) is 7.13. The average Bonchev–Trinajstić information content (AvgIpc) is 3.03. The molecule has 0 aromatic heterocycles. The summed E-state index contributed by atoms with van der Waals surface area (Å²) in [5.41, 5.74) is 0.712. The maximum Gasteiger partial charge on any atom is 0.253 e. The van der Waals surface area contributed by atoms with Gasteiger partial charge in [0.2, 0.25) is 0 Å². The summed E-state index contributed by atoms with van der Waals surface area (Å²) in [6, 6.07) is 13.7. The van der Waals surface area contributed by atoms with Crippen molar-refractivity contribution in [3.8, 4) is 12.3 Å². The van der Waals surface area contributed by atoms with Gasteiger partial charge in [-0.25, -0.2) is 22.2 Å².